The van der Waals surface area contributed by atoms with E-state index in [9.17, 15) is 10.0 Å². The minimum Gasteiger partial charge on any atom is -0.595 e. The normalized spacial score (nSPS) is 11.9. The van der Waals surface area contributed by atoms with Crippen LogP contribution >= 0.6 is 0 Å². The zero-order valence-corrected chi connectivity index (χ0v) is 10.5. The van der Waals surface area contributed by atoms with Gasteiger partial charge in [0.05, 0.1) is 5.56 Å². The van der Waals surface area contributed by atoms with Gasteiger partial charge in [0.1, 0.15) is 0 Å². The Kier molecular flexibility index (Phi) is 4.31. The zero-order valence-electron chi connectivity index (χ0n) is 10.5. The molecule has 0 fully saturated rings. The molecule has 6 heteroatoms. The van der Waals surface area contributed by atoms with Crippen molar-refractivity contribution >= 4 is 17.3 Å². The second-order valence-corrected chi connectivity index (χ2v) is 4.21. The van der Waals surface area contributed by atoms with Gasteiger partial charge in [0.2, 0.25) is 0 Å². The van der Waals surface area contributed by atoms with E-state index in [0.717, 1.165) is 11.6 Å². The van der Waals surface area contributed by atoms with E-state index in [1.807, 2.05) is 30.3 Å². The van der Waals surface area contributed by atoms with Crippen LogP contribution in [0.15, 0.2) is 48.5 Å². The Morgan fingerprint density at radius 3 is 2.50 bits per heavy atom. The Hall–Kier alpha value is -2.41. The van der Waals surface area contributed by atoms with Crippen molar-refractivity contribution in [2.45, 2.75) is 6.54 Å². The summed E-state index contributed by atoms with van der Waals surface area (Å²) in [5.41, 5.74) is 1.30. The average Bonchev–Trinajstić information content (AvgIpc) is 2.45. The lowest BCUT2D eigenvalue weighted by molar-refractivity contribution is -0.991. The first-order valence-electron chi connectivity index (χ1n) is 5.96. The van der Waals surface area contributed by atoms with Crippen LogP contribution in [-0.4, -0.2) is 16.3 Å². The van der Waals surface area contributed by atoms with Crippen molar-refractivity contribution in [2.75, 3.05) is 5.32 Å². The fraction of sp³-hybridized carbons (Fsp3) is 0.0714. The van der Waals surface area contributed by atoms with E-state index < -0.39 is 11.2 Å². The molecular formula is C14H14N2O4. The molecule has 0 aromatic heterocycles. The van der Waals surface area contributed by atoms with E-state index in [0.29, 0.717) is 12.2 Å². The molecule has 0 amide bonds. The van der Waals surface area contributed by atoms with Crippen molar-refractivity contribution in [3.8, 4) is 0 Å². The van der Waals surface area contributed by atoms with E-state index in [1.54, 1.807) is 0 Å². The minimum absolute atomic E-state index is 0.0485. The summed E-state index contributed by atoms with van der Waals surface area (Å²) in [6.45, 7) is 0.466. The standard InChI is InChI=1S/C14H14N2O4/c17-14(18)12-8-11(16(19)20)6-7-13(12)15-9-10-4-2-1-3-5-10/h1-8,15-16,19H,9H2,(H,17,18). The Morgan fingerprint density at radius 2 is 1.90 bits per heavy atom. The van der Waals surface area contributed by atoms with E-state index in [-0.39, 0.29) is 11.3 Å². The first-order valence-corrected chi connectivity index (χ1v) is 5.96. The lowest BCUT2D eigenvalue weighted by Gasteiger charge is -2.14. The molecule has 20 heavy (non-hydrogen) atoms. The van der Waals surface area contributed by atoms with E-state index >= 15 is 0 Å². The number of hydrogen-bond donors (Lipinski definition) is 4. The molecule has 6 nitrogen and oxygen atoms in total. The van der Waals surface area contributed by atoms with Gasteiger partial charge in [0, 0.05) is 24.4 Å². The molecule has 104 valence electrons. The number of quaternary nitrogens is 1. The third kappa shape index (κ3) is 3.33. The van der Waals surface area contributed by atoms with Crippen molar-refractivity contribution in [1.29, 1.82) is 0 Å². The van der Waals surface area contributed by atoms with Crippen LogP contribution in [0.1, 0.15) is 15.9 Å². The molecule has 1 unspecified atom stereocenters. The molecule has 0 saturated carbocycles. The summed E-state index contributed by atoms with van der Waals surface area (Å²) in [5, 5.41) is 30.7. The van der Waals surface area contributed by atoms with Crippen molar-refractivity contribution in [2.24, 2.45) is 0 Å². The first-order chi connectivity index (χ1) is 9.58. The van der Waals surface area contributed by atoms with Gasteiger partial charge < -0.3 is 15.6 Å². The minimum atomic E-state index is -1.16. The highest BCUT2D eigenvalue weighted by atomic mass is 16.8. The van der Waals surface area contributed by atoms with Crippen LogP contribution < -0.4 is 10.5 Å². The smallest absolute Gasteiger partial charge is 0.338 e. The molecule has 2 aromatic rings. The molecule has 0 radical (unpaired) electrons. The van der Waals surface area contributed by atoms with Crippen LogP contribution in [0.5, 0.6) is 0 Å². The van der Waals surface area contributed by atoms with E-state index in [1.165, 1.54) is 12.1 Å². The zero-order chi connectivity index (χ0) is 14.5. The Bertz CT molecular complexity index is 599. The summed E-state index contributed by atoms with van der Waals surface area (Å²) in [6.07, 6.45) is 0. The summed E-state index contributed by atoms with van der Waals surface area (Å²) in [6, 6.07) is 13.5. The van der Waals surface area contributed by atoms with Gasteiger partial charge in [-0.1, -0.05) is 30.3 Å². The van der Waals surface area contributed by atoms with Crippen molar-refractivity contribution < 1.29 is 20.3 Å². The first kappa shape index (κ1) is 14.0. The summed E-state index contributed by atoms with van der Waals surface area (Å²) in [7, 11) is 0. The number of carbonyl (C=O) groups is 1. The summed E-state index contributed by atoms with van der Waals surface area (Å²) in [5.74, 6) is -1.16. The van der Waals surface area contributed by atoms with Crippen molar-refractivity contribution in [3.63, 3.8) is 0 Å². The topological polar surface area (TPSA) is 97.1 Å². The van der Waals surface area contributed by atoms with Crippen LogP contribution in [-0.2, 0) is 6.54 Å². The molecule has 1 atom stereocenters. The molecule has 0 aliphatic carbocycles. The lowest BCUT2D eigenvalue weighted by atomic mass is 10.1. The number of anilines is 1. The molecule has 0 aliphatic heterocycles. The highest BCUT2D eigenvalue weighted by molar-refractivity contribution is 5.95. The highest BCUT2D eigenvalue weighted by Gasteiger charge is 2.13. The molecule has 0 spiro atoms. The largest absolute Gasteiger partial charge is 0.595 e. The number of nitrogens with one attached hydrogen (secondary N) is 2. The Morgan fingerprint density at radius 1 is 1.20 bits per heavy atom. The van der Waals surface area contributed by atoms with Gasteiger partial charge in [-0.25, -0.2) is 10.0 Å². The fourth-order valence-electron chi connectivity index (χ4n) is 1.80. The molecule has 2 aromatic carbocycles. The summed E-state index contributed by atoms with van der Waals surface area (Å²) >= 11 is 0. The van der Waals surface area contributed by atoms with Gasteiger partial charge in [-0.05, 0) is 11.6 Å². The monoisotopic (exact) mass is 274 g/mol. The van der Waals surface area contributed by atoms with Crippen LogP contribution in [0.25, 0.3) is 0 Å². The quantitative estimate of drug-likeness (QED) is 0.618. The maximum Gasteiger partial charge on any atom is 0.338 e. The summed E-state index contributed by atoms with van der Waals surface area (Å²) in [4.78, 5) is 11.2. The SMILES string of the molecule is O=C(O)c1cc([NH+]([O-])O)ccc1NCc1ccccc1. The molecule has 0 saturated heterocycles. The second kappa shape index (κ2) is 6.16. The van der Waals surface area contributed by atoms with Crippen LogP contribution in [0.3, 0.4) is 0 Å². The molecule has 0 bridgehead atoms. The van der Waals surface area contributed by atoms with Gasteiger partial charge >= 0.3 is 5.97 Å². The fourth-order valence-corrected chi connectivity index (χ4v) is 1.80. The van der Waals surface area contributed by atoms with Gasteiger partial charge in [0.25, 0.3) is 0 Å². The van der Waals surface area contributed by atoms with Gasteiger partial charge in [-0.2, -0.15) is 5.23 Å². The predicted octanol–water partition coefficient (Wildman–Crippen LogP) is 1.40. The second-order valence-electron chi connectivity index (χ2n) is 4.21. The van der Waals surface area contributed by atoms with Crippen molar-refractivity contribution in [1.82, 2.24) is 0 Å². The number of hydrogen-bond acceptors (Lipinski definition) is 4. The van der Waals surface area contributed by atoms with Gasteiger partial charge in [-0.15, -0.1) is 0 Å². The van der Waals surface area contributed by atoms with Gasteiger partial charge in [0.15, 0.2) is 5.69 Å². The summed E-state index contributed by atoms with van der Waals surface area (Å²) < 4.78 is 0. The van der Waals surface area contributed by atoms with Gasteiger partial charge in [-0.3, -0.25) is 0 Å². The number of carboxylic acid groups (broad SMARTS) is 1. The maximum absolute atomic E-state index is 11.2. The average molecular weight is 274 g/mol. The van der Waals surface area contributed by atoms with Crippen molar-refractivity contribution in [3.05, 3.63) is 64.9 Å². The number of aromatic carboxylic acids is 1. The Balaban J connectivity index is 2.21. The number of carboxylic acids is 1. The highest BCUT2D eigenvalue weighted by Crippen LogP contribution is 2.19. The van der Waals surface area contributed by atoms with Crippen LogP contribution in [0.4, 0.5) is 11.4 Å². The molecule has 0 heterocycles. The lowest BCUT2D eigenvalue weighted by Crippen LogP contribution is -2.99. The molecule has 2 rings (SSSR count). The number of benzene rings is 2. The van der Waals surface area contributed by atoms with Crippen LogP contribution in [0.2, 0.25) is 0 Å². The van der Waals surface area contributed by atoms with E-state index in [4.69, 9.17) is 10.3 Å². The Labute approximate surface area is 115 Å². The maximum atomic E-state index is 11.2. The third-order valence-electron chi connectivity index (χ3n) is 2.82. The number of rotatable bonds is 5. The van der Waals surface area contributed by atoms with Crippen LogP contribution in [0, 0.1) is 5.21 Å². The molecule has 0 aliphatic rings. The predicted molar refractivity (Wildman–Crippen MR) is 72.9 cm³/mol. The molecular weight excluding hydrogens is 260 g/mol. The molecule has 4 N–H and O–H groups in total. The third-order valence-corrected chi connectivity index (χ3v) is 2.82. The van der Waals surface area contributed by atoms with E-state index in [2.05, 4.69) is 5.32 Å².